The van der Waals surface area contributed by atoms with E-state index in [2.05, 4.69) is 27.6 Å². The molecule has 5 nitrogen and oxygen atoms in total. The molecule has 2 atom stereocenters. The summed E-state index contributed by atoms with van der Waals surface area (Å²) in [6.45, 7) is 2.04. The number of allylic oxidation sites excluding steroid dienone is 1. The number of aromatic nitrogens is 2. The largest absolute Gasteiger partial charge is 0.496 e. The predicted octanol–water partition coefficient (Wildman–Crippen LogP) is 3.50. The Morgan fingerprint density at radius 3 is 3.00 bits per heavy atom. The molecule has 116 valence electrons. The third-order valence-corrected chi connectivity index (χ3v) is 3.88. The highest BCUT2D eigenvalue weighted by atomic mass is 16.5. The van der Waals surface area contributed by atoms with Crippen molar-refractivity contribution in [3.63, 3.8) is 0 Å². The summed E-state index contributed by atoms with van der Waals surface area (Å²) < 4.78 is 10.8. The Morgan fingerprint density at radius 2 is 2.23 bits per heavy atom. The van der Waals surface area contributed by atoms with E-state index in [0.717, 1.165) is 17.7 Å². The van der Waals surface area contributed by atoms with Gasteiger partial charge in [-0.05, 0) is 38.3 Å². The van der Waals surface area contributed by atoms with Gasteiger partial charge in [0.15, 0.2) is 0 Å². The van der Waals surface area contributed by atoms with Crippen LogP contribution in [-0.4, -0.2) is 23.3 Å². The average Bonchev–Trinajstić information content (AvgIpc) is 3.05. The molecule has 0 bridgehead atoms. The smallest absolute Gasteiger partial charge is 0.243 e. The van der Waals surface area contributed by atoms with Crippen LogP contribution in [0.25, 0.3) is 11.4 Å². The van der Waals surface area contributed by atoms with Gasteiger partial charge in [0.25, 0.3) is 0 Å². The van der Waals surface area contributed by atoms with Crippen molar-refractivity contribution in [2.75, 3.05) is 7.11 Å². The molecule has 1 aliphatic carbocycles. The van der Waals surface area contributed by atoms with Gasteiger partial charge in [0, 0.05) is 6.04 Å². The predicted molar refractivity (Wildman–Crippen MR) is 84.6 cm³/mol. The molecular weight excluding hydrogens is 278 g/mol. The summed E-state index contributed by atoms with van der Waals surface area (Å²) in [6, 6.07) is 8.06. The normalized spacial score (nSPS) is 19.1. The average molecular weight is 299 g/mol. The van der Waals surface area contributed by atoms with E-state index in [9.17, 15) is 0 Å². The molecule has 0 aliphatic heterocycles. The fourth-order valence-corrected chi connectivity index (χ4v) is 2.69. The first-order valence-corrected chi connectivity index (χ1v) is 7.67. The summed E-state index contributed by atoms with van der Waals surface area (Å²) in [7, 11) is 1.64. The summed E-state index contributed by atoms with van der Waals surface area (Å²) in [5.74, 6) is 1.89. The number of nitrogens with zero attached hydrogens (tertiary/aromatic N) is 2. The number of hydrogen-bond donors (Lipinski definition) is 1. The molecule has 0 saturated heterocycles. The summed E-state index contributed by atoms with van der Waals surface area (Å²) in [5, 5.41) is 7.60. The Labute approximate surface area is 130 Å². The van der Waals surface area contributed by atoms with Gasteiger partial charge in [0.05, 0.1) is 18.7 Å². The van der Waals surface area contributed by atoms with Gasteiger partial charge in [-0.2, -0.15) is 4.98 Å². The molecule has 0 fully saturated rings. The maximum atomic E-state index is 5.42. The highest BCUT2D eigenvalue weighted by Gasteiger charge is 2.19. The highest BCUT2D eigenvalue weighted by molar-refractivity contribution is 5.63. The van der Waals surface area contributed by atoms with Crippen LogP contribution in [0.15, 0.2) is 40.9 Å². The maximum absolute atomic E-state index is 5.42. The second kappa shape index (κ2) is 6.75. The highest BCUT2D eigenvalue weighted by Crippen LogP contribution is 2.28. The number of nitrogens with one attached hydrogen (secondary N) is 1. The number of benzene rings is 1. The molecule has 2 aromatic rings. The first-order chi connectivity index (χ1) is 10.8. The molecular formula is C17H21N3O2. The molecule has 1 heterocycles. The SMILES string of the molecule is COc1ccccc1-c1noc([C@@H](C)N[C@H]2C=CCCC2)n1. The maximum Gasteiger partial charge on any atom is 0.243 e. The number of rotatable bonds is 5. The van der Waals surface area contributed by atoms with E-state index in [0.29, 0.717) is 17.8 Å². The van der Waals surface area contributed by atoms with Gasteiger partial charge < -0.3 is 9.26 Å². The van der Waals surface area contributed by atoms with E-state index in [-0.39, 0.29) is 6.04 Å². The molecule has 1 aliphatic rings. The van der Waals surface area contributed by atoms with Gasteiger partial charge in [0.1, 0.15) is 5.75 Å². The van der Waals surface area contributed by atoms with Crippen LogP contribution in [0, 0.1) is 0 Å². The molecule has 22 heavy (non-hydrogen) atoms. The van der Waals surface area contributed by atoms with Gasteiger partial charge in [-0.1, -0.05) is 29.4 Å². The van der Waals surface area contributed by atoms with Crippen LogP contribution in [0.4, 0.5) is 0 Å². The summed E-state index contributed by atoms with van der Waals surface area (Å²) in [5.41, 5.74) is 0.838. The van der Waals surface area contributed by atoms with E-state index >= 15 is 0 Å². The molecule has 1 aromatic heterocycles. The van der Waals surface area contributed by atoms with Gasteiger partial charge in [-0.25, -0.2) is 0 Å². The van der Waals surface area contributed by atoms with Crippen molar-refractivity contribution in [3.05, 3.63) is 42.3 Å². The Bertz CT molecular complexity index is 651. The molecule has 0 spiro atoms. The molecule has 1 N–H and O–H groups in total. The van der Waals surface area contributed by atoms with Gasteiger partial charge in [0.2, 0.25) is 11.7 Å². The van der Waals surface area contributed by atoms with Gasteiger partial charge in [-0.15, -0.1) is 0 Å². The zero-order chi connectivity index (χ0) is 15.4. The lowest BCUT2D eigenvalue weighted by Crippen LogP contribution is -2.31. The number of ether oxygens (including phenoxy) is 1. The lowest BCUT2D eigenvalue weighted by Gasteiger charge is -2.20. The van der Waals surface area contributed by atoms with E-state index < -0.39 is 0 Å². The molecule has 0 unspecified atom stereocenters. The zero-order valence-electron chi connectivity index (χ0n) is 13.0. The van der Waals surface area contributed by atoms with Crippen LogP contribution in [0.3, 0.4) is 0 Å². The van der Waals surface area contributed by atoms with Crippen molar-refractivity contribution >= 4 is 0 Å². The van der Waals surface area contributed by atoms with Crippen LogP contribution < -0.4 is 10.1 Å². The van der Waals surface area contributed by atoms with Crippen molar-refractivity contribution < 1.29 is 9.26 Å². The molecule has 5 heteroatoms. The van der Waals surface area contributed by atoms with Crippen LogP contribution in [0.2, 0.25) is 0 Å². The Kier molecular flexibility index (Phi) is 4.53. The first-order valence-electron chi connectivity index (χ1n) is 7.67. The molecule has 0 radical (unpaired) electrons. The van der Waals surface area contributed by atoms with Crippen LogP contribution in [0.1, 0.15) is 38.1 Å². The summed E-state index contributed by atoms with van der Waals surface area (Å²) in [6.07, 6.45) is 7.98. The number of para-hydroxylation sites is 1. The fraction of sp³-hybridized carbons (Fsp3) is 0.412. The van der Waals surface area contributed by atoms with E-state index in [4.69, 9.17) is 9.26 Å². The van der Waals surface area contributed by atoms with E-state index in [1.165, 1.54) is 12.8 Å². The fourth-order valence-electron chi connectivity index (χ4n) is 2.69. The molecule has 3 rings (SSSR count). The van der Waals surface area contributed by atoms with Gasteiger partial charge >= 0.3 is 0 Å². The quantitative estimate of drug-likeness (QED) is 0.856. The lowest BCUT2D eigenvalue weighted by atomic mass is 10.0. The second-order valence-corrected chi connectivity index (χ2v) is 5.51. The van der Waals surface area contributed by atoms with Crippen molar-refractivity contribution in [2.24, 2.45) is 0 Å². The molecule has 0 amide bonds. The van der Waals surface area contributed by atoms with Crippen LogP contribution >= 0.6 is 0 Å². The summed E-state index contributed by atoms with van der Waals surface area (Å²) in [4.78, 5) is 4.51. The number of hydrogen-bond acceptors (Lipinski definition) is 5. The number of methoxy groups -OCH3 is 1. The van der Waals surface area contributed by atoms with Crippen LogP contribution in [0.5, 0.6) is 5.75 Å². The van der Waals surface area contributed by atoms with E-state index in [1.54, 1.807) is 7.11 Å². The summed E-state index contributed by atoms with van der Waals surface area (Å²) >= 11 is 0. The molecule has 0 saturated carbocycles. The topological polar surface area (TPSA) is 60.2 Å². The van der Waals surface area contributed by atoms with Crippen molar-refractivity contribution in [3.8, 4) is 17.1 Å². The monoisotopic (exact) mass is 299 g/mol. The molecule has 1 aromatic carbocycles. The minimum Gasteiger partial charge on any atom is -0.496 e. The third-order valence-electron chi connectivity index (χ3n) is 3.88. The Balaban J connectivity index is 1.75. The first kappa shape index (κ1) is 14.8. The minimum absolute atomic E-state index is 0.0173. The minimum atomic E-state index is 0.0173. The van der Waals surface area contributed by atoms with Gasteiger partial charge in [-0.3, -0.25) is 5.32 Å². The van der Waals surface area contributed by atoms with Crippen molar-refractivity contribution in [1.82, 2.24) is 15.5 Å². The van der Waals surface area contributed by atoms with Crippen molar-refractivity contribution in [1.29, 1.82) is 0 Å². The Hall–Kier alpha value is -2.14. The van der Waals surface area contributed by atoms with Crippen molar-refractivity contribution in [2.45, 2.75) is 38.3 Å². The van der Waals surface area contributed by atoms with Crippen LogP contribution in [-0.2, 0) is 0 Å². The third kappa shape index (κ3) is 3.20. The van der Waals surface area contributed by atoms with E-state index in [1.807, 2.05) is 31.2 Å². The standard InChI is InChI=1S/C17H21N3O2/c1-12(18-13-8-4-3-5-9-13)17-19-16(20-22-17)14-10-6-7-11-15(14)21-2/h4,6-8,10-13,18H,3,5,9H2,1-2H3/t12-,13+/m1/s1. The lowest BCUT2D eigenvalue weighted by molar-refractivity contribution is 0.327. The second-order valence-electron chi connectivity index (χ2n) is 5.51. The zero-order valence-corrected chi connectivity index (χ0v) is 13.0. The Morgan fingerprint density at radius 1 is 1.36 bits per heavy atom.